The smallest absolute Gasteiger partial charge is 0.246 e. The summed E-state index contributed by atoms with van der Waals surface area (Å²) in [6, 6.07) is 23.3. The summed E-state index contributed by atoms with van der Waals surface area (Å²) in [6.07, 6.45) is 0. The highest BCUT2D eigenvalue weighted by molar-refractivity contribution is 5.96. The third-order valence-electron chi connectivity index (χ3n) is 5.08. The SMILES string of the molecule is COc1ccc(C)cc1NC(=O)C(NC(C)c1ccccc1C)c1ccccc1. The second kappa shape index (κ2) is 9.39. The fourth-order valence-electron chi connectivity index (χ4n) is 3.51. The molecule has 4 nitrogen and oxygen atoms in total. The lowest BCUT2D eigenvalue weighted by Gasteiger charge is -2.25. The maximum absolute atomic E-state index is 13.3. The van der Waals surface area contributed by atoms with Crippen LogP contribution in [0.3, 0.4) is 0 Å². The number of nitrogens with one attached hydrogen (secondary N) is 2. The Morgan fingerprint density at radius 2 is 1.62 bits per heavy atom. The first-order valence-electron chi connectivity index (χ1n) is 9.81. The van der Waals surface area contributed by atoms with Crippen molar-refractivity contribution in [3.05, 3.63) is 95.1 Å². The Bertz CT molecular complexity index is 970. The maximum atomic E-state index is 13.3. The molecule has 3 rings (SSSR count). The normalized spacial score (nSPS) is 12.8. The predicted octanol–water partition coefficient (Wildman–Crippen LogP) is 5.34. The molecule has 150 valence electrons. The molecule has 3 aromatic rings. The van der Waals surface area contributed by atoms with Crippen LogP contribution in [0.2, 0.25) is 0 Å². The van der Waals surface area contributed by atoms with Gasteiger partial charge in [-0.25, -0.2) is 0 Å². The van der Waals surface area contributed by atoms with Gasteiger partial charge < -0.3 is 10.1 Å². The summed E-state index contributed by atoms with van der Waals surface area (Å²) in [4.78, 5) is 13.3. The highest BCUT2D eigenvalue weighted by Gasteiger charge is 2.24. The van der Waals surface area contributed by atoms with Gasteiger partial charge in [0.2, 0.25) is 5.91 Å². The quantitative estimate of drug-likeness (QED) is 0.574. The van der Waals surface area contributed by atoms with Gasteiger partial charge in [-0.05, 0) is 55.2 Å². The Balaban J connectivity index is 1.89. The van der Waals surface area contributed by atoms with Gasteiger partial charge in [-0.2, -0.15) is 0 Å². The third-order valence-corrected chi connectivity index (χ3v) is 5.08. The molecule has 0 saturated carbocycles. The summed E-state index contributed by atoms with van der Waals surface area (Å²) in [5.41, 5.74) is 5.01. The van der Waals surface area contributed by atoms with Crippen molar-refractivity contribution in [1.82, 2.24) is 5.32 Å². The van der Waals surface area contributed by atoms with E-state index in [4.69, 9.17) is 4.74 Å². The van der Waals surface area contributed by atoms with Crippen molar-refractivity contribution in [3.8, 4) is 5.75 Å². The van der Waals surface area contributed by atoms with E-state index in [1.807, 2.05) is 67.6 Å². The number of amides is 1. The molecular weight excluding hydrogens is 360 g/mol. The van der Waals surface area contributed by atoms with Crippen LogP contribution >= 0.6 is 0 Å². The van der Waals surface area contributed by atoms with E-state index in [0.29, 0.717) is 11.4 Å². The molecule has 4 heteroatoms. The largest absolute Gasteiger partial charge is 0.495 e. The van der Waals surface area contributed by atoms with Gasteiger partial charge >= 0.3 is 0 Å². The minimum absolute atomic E-state index is 0.00608. The fraction of sp³-hybridized carbons (Fsp3) is 0.240. The maximum Gasteiger partial charge on any atom is 0.246 e. The number of methoxy groups -OCH3 is 1. The average Bonchev–Trinajstić information content (AvgIpc) is 2.73. The van der Waals surface area contributed by atoms with Crippen LogP contribution in [0.4, 0.5) is 5.69 Å². The number of ether oxygens (including phenoxy) is 1. The zero-order valence-corrected chi connectivity index (χ0v) is 17.4. The van der Waals surface area contributed by atoms with Crippen molar-refractivity contribution in [3.63, 3.8) is 0 Å². The first kappa shape index (κ1) is 20.6. The standard InChI is InChI=1S/C25H28N2O2/c1-17-14-15-23(29-4)22(16-17)27-25(28)24(20-11-6-5-7-12-20)26-19(3)21-13-9-8-10-18(21)2/h5-16,19,24,26H,1-4H3,(H,27,28). The van der Waals surface area contributed by atoms with Crippen molar-refractivity contribution in [1.29, 1.82) is 0 Å². The van der Waals surface area contributed by atoms with Crippen LogP contribution < -0.4 is 15.4 Å². The van der Waals surface area contributed by atoms with Crippen LogP contribution in [0, 0.1) is 13.8 Å². The molecule has 0 aliphatic carbocycles. The zero-order valence-electron chi connectivity index (χ0n) is 17.4. The minimum atomic E-state index is -0.504. The van der Waals surface area contributed by atoms with Crippen molar-refractivity contribution < 1.29 is 9.53 Å². The molecule has 0 fully saturated rings. The number of hydrogen-bond acceptors (Lipinski definition) is 3. The Kier molecular flexibility index (Phi) is 6.68. The van der Waals surface area contributed by atoms with Crippen molar-refractivity contribution >= 4 is 11.6 Å². The molecule has 0 aromatic heterocycles. The van der Waals surface area contributed by atoms with E-state index in [2.05, 4.69) is 36.6 Å². The highest BCUT2D eigenvalue weighted by Crippen LogP contribution is 2.28. The van der Waals surface area contributed by atoms with Crippen LogP contribution in [-0.4, -0.2) is 13.0 Å². The van der Waals surface area contributed by atoms with E-state index in [9.17, 15) is 4.79 Å². The van der Waals surface area contributed by atoms with Crippen LogP contribution in [0.15, 0.2) is 72.8 Å². The number of rotatable bonds is 7. The van der Waals surface area contributed by atoms with E-state index in [-0.39, 0.29) is 11.9 Å². The van der Waals surface area contributed by atoms with Crippen LogP contribution in [0.1, 0.15) is 41.3 Å². The average molecular weight is 389 g/mol. The second-order valence-corrected chi connectivity index (χ2v) is 7.28. The molecule has 3 aromatic carbocycles. The minimum Gasteiger partial charge on any atom is -0.495 e. The van der Waals surface area contributed by atoms with E-state index < -0.39 is 6.04 Å². The van der Waals surface area contributed by atoms with Gasteiger partial charge in [-0.3, -0.25) is 10.1 Å². The molecule has 0 aliphatic heterocycles. The Morgan fingerprint density at radius 1 is 0.931 bits per heavy atom. The zero-order chi connectivity index (χ0) is 20.8. The Morgan fingerprint density at radius 3 is 2.31 bits per heavy atom. The number of benzene rings is 3. The monoisotopic (exact) mass is 388 g/mol. The summed E-state index contributed by atoms with van der Waals surface area (Å²) in [5, 5.41) is 6.56. The molecule has 0 saturated heterocycles. The lowest BCUT2D eigenvalue weighted by molar-refractivity contribution is -0.118. The van der Waals surface area contributed by atoms with E-state index in [1.165, 1.54) is 11.1 Å². The molecule has 0 bridgehead atoms. The summed E-state index contributed by atoms with van der Waals surface area (Å²) in [7, 11) is 1.60. The lowest BCUT2D eigenvalue weighted by Crippen LogP contribution is -2.35. The molecular formula is C25H28N2O2. The van der Waals surface area contributed by atoms with Crippen molar-refractivity contribution in [2.45, 2.75) is 32.9 Å². The second-order valence-electron chi connectivity index (χ2n) is 7.28. The number of carbonyl (C=O) groups excluding carboxylic acids is 1. The summed E-state index contributed by atoms with van der Waals surface area (Å²) in [5.74, 6) is 0.517. The van der Waals surface area contributed by atoms with Gasteiger partial charge in [0, 0.05) is 6.04 Å². The Labute approximate surface area is 172 Å². The van der Waals surface area contributed by atoms with Gasteiger partial charge in [0.25, 0.3) is 0 Å². The number of anilines is 1. The molecule has 0 aliphatic rings. The van der Waals surface area contributed by atoms with Gasteiger partial charge in [-0.15, -0.1) is 0 Å². The van der Waals surface area contributed by atoms with Gasteiger partial charge in [-0.1, -0.05) is 60.7 Å². The summed E-state index contributed by atoms with van der Waals surface area (Å²) >= 11 is 0. The summed E-state index contributed by atoms with van der Waals surface area (Å²) in [6.45, 7) is 6.16. The van der Waals surface area contributed by atoms with Gasteiger partial charge in [0.15, 0.2) is 0 Å². The van der Waals surface area contributed by atoms with E-state index in [0.717, 1.165) is 11.1 Å². The fourth-order valence-corrected chi connectivity index (χ4v) is 3.51. The molecule has 2 N–H and O–H groups in total. The van der Waals surface area contributed by atoms with E-state index >= 15 is 0 Å². The number of hydrogen-bond donors (Lipinski definition) is 2. The summed E-state index contributed by atoms with van der Waals surface area (Å²) < 4.78 is 5.42. The topological polar surface area (TPSA) is 50.4 Å². The predicted molar refractivity (Wildman–Crippen MR) is 118 cm³/mol. The molecule has 0 heterocycles. The molecule has 29 heavy (non-hydrogen) atoms. The lowest BCUT2D eigenvalue weighted by atomic mass is 9.99. The molecule has 0 radical (unpaired) electrons. The molecule has 2 atom stereocenters. The number of aryl methyl sites for hydroxylation is 2. The first-order valence-corrected chi connectivity index (χ1v) is 9.81. The number of carbonyl (C=O) groups is 1. The van der Waals surface area contributed by atoms with Crippen molar-refractivity contribution in [2.75, 3.05) is 12.4 Å². The van der Waals surface area contributed by atoms with Gasteiger partial charge in [0.05, 0.1) is 12.8 Å². The molecule has 1 amide bonds. The highest BCUT2D eigenvalue weighted by atomic mass is 16.5. The first-order chi connectivity index (χ1) is 14.0. The van der Waals surface area contributed by atoms with Gasteiger partial charge in [0.1, 0.15) is 11.8 Å². The van der Waals surface area contributed by atoms with Crippen LogP contribution in [0.5, 0.6) is 5.75 Å². The van der Waals surface area contributed by atoms with Crippen LogP contribution in [-0.2, 0) is 4.79 Å². The molecule has 0 spiro atoms. The van der Waals surface area contributed by atoms with E-state index in [1.54, 1.807) is 7.11 Å². The van der Waals surface area contributed by atoms with Crippen LogP contribution in [0.25, 0.3) is 0 Å². The Hall–Kier alpha value is -3.11. The van der Waals surface area contributed by atoms with Crippen molar-refractivity contribution in [2.24, 2.45) is 0 Å². The molecule has 2 unspecified atom stereocenters. The third kappa shape index (κ3) is 5.04.